The first-order valence-electron chi connectivity index (χ1n) is 8.33. The molecule has 23 heavy (non-hydrogen) atoms. The smallest absolute Gasteiger partial charge is 0.256 e. The highest BCUT2D eigenvalue weighted by atomic mass is 16.1. The van der Waals surface area contributed by atoms with Crippen molar-refractivity contribution in [1.82, 2.24) is 0 Å². The highest BCUT2D eigenvalue weighted by Crippen LogP contribution is 2.33. The molecule has 0 aromatic heterocycles. The molecule has 0 unspecified atom stereocenters. The maximum Gasteiger partial charge on any atom is 0.256 e. The Morgan fingerprint density at radius 1 is 0.826 bits per heavy atom. The Balaban J connectivity index is 2.49. The molecule has 2 aromatic carbocycles. The van der Waals surface area contributed by atoms with Crippen molar-refractivity contribution in [1.29, 1.82) is 0 Å². The van der Waals surface area contributed by atoms with Gasteiger partial charge >= 0.3 is 0 Å². The predicted octanol–water partition coefficient (Wildman–Crippen LogP) is 5.80. The average Bonchev–Trinajstić information content (AvgIpc) is 2.46. The van der Waals surface area contributed by atoms with E-state index < -0.39 is 0 Å². The average molecular weight is 309 g/mol. The number of para-hydroxylation sites is 1. The molecule has 0 aliphatic rings. The summed E-state index contributed by atoms with van der Waals surface area (Å²) >= 11 is 0. The van der Waals surface area contributed by atoms with E-state index in [1.807, 2.05) is 32.0 Å². The van der Waals surface area contributed by atoms with Gasteiger partial charge in [0.2, 0.25) is 0 Å². The first-order chi connectivity index (χ1) is 10.8. The number of benzene rings is 2. The summed E-state index contributed by atoms with van der Waals surface area (Å²) in [5.41, 5.74) is 6.16. The number of nitrogens with one attached hydrogen (secondary N) is 1. The van der Waals surface area contributed by atoms with E-state index in [2.05, 4.69) is 51.2 Å². The predicted molar refractivity (Wildman–Crippen MR) is 98.5 cm³/mol. The molecule has 0 radical (unpaired) electrons. The summed E-state index contributed by atoms with van der Waals surface area (Å²) in [7, 11) is 0. The van der Waals surface area contributed by atoms with Crippen LogP contribution in [0.15, 0.2) is 36.4 Å². The Kier molecular flexibility index (Phi) is 5.25. The molecule has 0 saturated carbocycles. The number of aryl methyl sites for hydroxylation is 2. The minimum absolute atomic E-state index is 0.0180. The molecule has 0 aliphatic carbocycles. The minimum Gasteiger partial charge on any atom is -0.321 e. The molecule has 0 aliphatic heterocycles. The summed E-state index contributed by atoms with van der Waals surface area (Å²) in [6.45, 7) is 12.6. The van der Waals surface area contributed by atoms with Crippen molar-refractivity contribution >= 4 is 11.6 Å². The molecule has 2 aromatic rings. The third kappa shape index (κ3) is 3.64. The first kappa shape index (κ1) is 17.3. The van der Waals surface area contributed by atoms with Gasteiger partial charge in [-0.1, -0.05) is 64.1 Å². The van der Waals surface area contributed by atoms with Crippen molar-refractivity contribution in [2.24, 2.45) is 0 Å². The van der Waals surface area contributed by atoms with Crippen molar-refractivity contribution in [2.75, 3.05) is 5.32 Å². The fraction of sp³-hybridized carbons (Fsp3) is 0.381. The lowest BCUT2D eigenvalue weighted by atomic mass is 9.92. The second kappa shape index (κ2) is 6.99. The summed E-state index contributed by atoms with van der Waals surface area (Å²) in [4.78, 5) is 12.9. The van der Waals surface area contributed by atoms with E-state index >= 15 is 0 Å². The van der Waals surface area contributed by atoms with Gasteiger partial charge in [-0.05, 0) is 47.9 Å². The second-order valence-corrected chi connectivity index (χ2v) is 6.84. The number of carbonyl (C=O) groups is 1. The number of amides is 1. The maximum atomic E-state index is 12.9. The van der Waals surface area contributed by atoms with Crippen LogP contribution in [0, 0.1) is 13.8 Å². The van der Waals surface area contributed by atoms with Crippen LogP contribution in [0.25, 0.3) is 0 Å². The van der Waals surface area contributed by atoms with Crippen molar-refractivity contribution in [3.63, 3.8) is 0 Å². The van der Waals surface area contributed by atoms with Crippen LogP contribution in [-0.4, -0.2) is 5.91 Å². The number of carbonyl (C=O) groups excluding carboxylic acids is 1. The normalized spacial score (nSPS) is 11.1. The van der Waals surface area contributed by atoms with Gasteiger partial charge in [-0.3, -0.25) is 4.79 Å². The molecule has 1 N–H and O–H groups in total. The van der Waals surface area contributed by atoms with E-state index in [1.54, 1.807) is 0 Å². The molecule has 0 atom stereocenters. The lowest BCUT2D eigenvalue weighted by Crippen LogP contribution is -2.18. The zero-order chi connectivity index (χ0) is 17.1. The Hall–Kier alpha value is -2.09. The zero-order valence-corrected chi connectivity index (χ0v) is 15.0. The van der Waals surface area contributed by atoms with Gasteiger partial charge in [0, 0.05) is 11.3 Å². The zero-order valence-electron chi connectivity index (χ0n) is 15.0. The van der Waals surface area contributed by atoms with Crippen LogP contribution in [0.3, 0.4) is 0 Å². The van der Waals surface area contributed by atoms with E-state index in [9.17, 15) is 4.79 Å². The summed E-state index contributed by atoms with van der Waals surface area (Å²) < 4.78 is 0. The second-order valence-electron chi connectivity index (χ2n) is 6.84. The molecular weight excluding hydrogens is 282 g/mol. The van der Waals surface area contributed by atoms with Gasteiger partial charge in [-0.2, -0.15) is 0 Å². The van der Waals surface area contributed by atoms with Gasteiger partial charge < -0.3 is 5.32 Å². The molecule has 0 saturated heterocycles. The fourth-order valence-electron chi connectivity index (χ4n) is 3.04. The van der Waals surface area contributed by atoms with Gasteiger partial charge in [0.25, 0.3) is 5.91 Å². The lowest BCUT2D eigenvalue weighted by Gasteiger charge is -2.21. The SMILES string of the molecule is Cc1cccc(C)c1C(=O)Nc1c(C(C)C)cccc1C(C)C. The molecular formula is C21H27NO. The van der Waals surface area contributed by atoms with Crippen LogP contribution >= 0.6 is 0 Å². The van der Waals surface area contributed by atoms with Crippen molar-refractivity contribution < 1.29 is 4.79 Å². The molecule has 2 rings (SSSR count). The van der Waals surface area contributed by atoms with E-state index in [1.165, 1.54) is 11.1 Å². The summed E-state index contributed by atoms with van der Waals surface area (Å²) in [5, 5.41) is 3.20. The van der Waals surface area contributed by atoms with Crippen LogP contribution in [0.1, 0.15) is 72.1 Å². The topological polar surface area (TPSA) is 29.1 Å². The fourth-order valence-corrected chi connectivity index (χ4v) is 3.04. The third-order valence-corrected chi connectivity index (χ3v) is 4.32. The largest absolute Gasteiger partial charge is 0.321 e. The van der Waals surface area contributed by atoms with Crippen molar-refractivity contribution in [3.05, 3.63) is 64.2 Å². The molecule has 0 heterocycles. The molecule has 0 spiro atoms. The molecule has 122 valence electrons. The molecule has 0 bridgehead atoms. The van der Waals surface area contributed by atoms with E-state index in [4.69, 9.17) is 0 Å². The van der Waals surface area contributed by atoms with Crippen molar-refractivity contribution in [2.45, 2.75) is 53.4 Å². The maximum absolute atomic E-state index is 12.9. The van der Waals surface area contributed by atoms with Crippen LogP contribution in [0.4, 0.5) is 5.69 Å². The first-order valence-corrected chi connectivity index (χ1v) is 8.33. The number of anilines is 1. The molecule has 2 heteroatoms. The molecule has 0 fully saturated rings. The van der Waals surface area contributed by atoms with Gasteiger partial charge in [-0.15, -0.1) is 0 Å². The Bertz CT molecular complexity index is 667. The lowest BCUT2D eigenvalue weighted by molar-refractivity contribution is 0.102. The van der Waals surface area contributed by atoms with E-state index in [0.29, 0.717) is 11.8 Å². The van der Waals surface area contributed by atoms with Gasteiger partial charge in [0.05, 0.1) is 0 Å². The Morgan fingerprint density at radius 3 is 1.70 bits per heavy atom. The van der Waals surface area contributed by atoms with Crippen LogP contribution < -0.4 is 5.32 Å². The Labute approximate surface area is 139 Å². The summed E-state index contributed by atoms with van der Waals surface area (Å²) in [5.74, 6) is 0.708. The van der Waals surface area contributed by atoms with Crippen LogP contribution in [-0.2, 0) is 0 Å². The highest BCUT2D eigenvalue weighted by Gasteiger charge is 2.18. The monoisotopic (exact) mass is 309 g/mol. The number of hydrogen-bond acceptors (Lipinski definition) is 1. The van der Waals surface area contributed by atoms with Crippen LogP contribution in [0.2, 0.25) is 0 Å². The third-order valence-electron chi connectivity index (χ3n) is 4.32. The Morgan fingerprint density at radius 2 is 1.26 bits per heavy atom. The molecule has 1 amide bonds. The summed E-state index contributed by atoms with van der Waals surface area (Å²) in [6.07, 6.45) is 0. The quantitative estimate of drug-likeness (QED) is 0.759. The van der Waals surface area contributed by atoms with E-state index in [0.717, 1.165) is 22.4 Å². The van der Waals surface area contributed by atoms with Gasteiger partial charge in [0.1, 0.15) is 0 Å². The minimum atomic E-state index is -0.0180. The standard InChI is InChI=1S/C21H27NO/c1-13(2)17-11-8-12-18(14(3)4)20(17)22-21(23)19-15(5)9-7-10-16(19)6/h7-14H,1-6H3,(H,22,23). The highest BCUT2D eigenvalue weighted by molar-refractivity contribution is 6.07. The van der Waals surface area contributed by atoms with Crippen molar-refractivity contribution in [3.8, 4) is 0 Å². The van der Waals surface area contributed by atoms with Gasteiger partial charge in [0.15, 0.2) is 0 Å². The molecule has 2 nitrogen and oxygen atoms in total. The number of hydrogen-bond donors (Lipinski definition) is 1. The van der Waals surface area contributed by atoms with Crippen LogP contribution in [0.5, 0.6) is 0 Å². The number of rotatable bonds is 4. The van der Waals surface area contributed by atoms with E-state index in [-0.39, 0.29) is 5.91 Å². The summed E-state index contributed by atoms with van der Waals surface area (Å²) in [6, 6.07) is 12.3. The van der Waals surface area contributed by atoms with Gasteiger partial charge in [-0.25, -0.2) is 0 Å².